The molecule has 0 aromatic heterocycles. The topological polar surface area (TPSA) is 135 Å². The maximum absolute atomic E-state index is 13.2. The van der Waals surface area contributed by atoms with E-state index in [9.17, 15) is 25.3 Å². The second-order valence-corrected chi connectivity index (χ2v) is 12.5. The maximum atomic E-state index is 13.2. The number of nitrogens with two attached hydrogens (primary N) is 1. The highest BCUT2D eigenvalue weighted by molar-refractivity contribution is 7.93. The molecule has 0 saturated carbocycles. The van der Waals surface area contributed by atoms with Crippen molar-refractivity contribution in [2.75, 3.05) is 18.4 Å². The van der Waals surface area contributed by atoms with Crippen LogP contribution in [0.5, 0.6) is 0 Å². The van der Waals surface area contributed by atoms with Gasteiger partial charge < -0.3 is 0 Å². The summed E-state index contributed by atoms with van der Waals surface area (Å²) in [5, 5.41) is 5.16. The van der Waals surface area contributed by atoms with Crippen molar-refractivity contribution < 1.29 is 25.3 Å². The summed E-state index contributed by atoms with van der Waals surface area (Å²) in [6, 6.07) is 8.59. The van der Waals surface area contributed by atoms with E-state index >= 15 is 0 Å². The monoisotopic (exact) mass is 459 g/mol. The van der Waals surface area contributed by atoms with Crippen molar-refractivity contribution >= 4 is 35.8 Å². The fourth-order valence-electron chi connectivity index (χ4n) is 3.23. The maximum Gasteiger partial charge on any atom is 0.264 e. The molecule has 158 valence electrons. The summed E-state index contributed by atoms with van der Waals surface area (Å²) in [6.07, 6.45) is 0.324. The van der Waals surface area contributed by atoms with Crippen molar-refractivity contribution in [1.82, 2.24) is 4.31 Å². The van der Waals surface area contributed by atoms with Crippen LogP contribution in [0.2, 0.25) is 0 Å². The number of fused-ring (bicyclic) bond motifs is 1. The predicted octanol–water partition coefficient (Wildman–Crippen LogP) is 0.724. The van der Waals surface area contributed by atoms with Crippen LogP contribution in [0.1, 0.15) is 12.5 Å². The molecule has 2 N–H and O–H groups in total. The van der Waals surface area contributed by atoms with Crippen LogP contribution in [0, 0.1) is 0 Å². The second kappa shape index (κ2) is 7.06. The minimum absolute atomic E-state index is 0.0193. The molecule has 0 amide bonds. The van der Waals surface area contributed by atoms with Crippen molar-refractivity contribution in [2.24, 2.45) is 5.14 Å². The highest BCUT2D eigenvalue weighted by Crippen LogP contribution is 2.38. The Morgan fingerprint density at radius 1 is 0.897 bits per heavy atom. The van der Waals surface area contributed by atoms with E-state index in [4.69, 9.17) is 5.14 Å². The Balaban J connectivity index is 2.03. The lowest BCUT2D eigenvalue weighted by atomic mass is 10.1. The van der Waals surface area contributed by atoms with Crippen LogP contribution in [0.15, 0.2) is 57.2 Å². The molecule has 1 aliphatic heterocycles. The minimum atomic E-state index is -3.99. The first kappa shape index (κ1) is 21.7. The fraction of sp³-hybridized carbons (Fsp3) is 0.294. The van der Waals surface area contributed by atoms with Crippen molar-refractivity contribution in [1.29, 1.82) is 0 Å². The standard InChI is InChI=1S/C17H21N3O6S3/c1-12-10-13-11-16(27(18,21)22)8-9-17(13)20(12)29(25,26)15-6-4-14(5-7-15)28(23,24)19(2)3/h4-9,11-12H,10H2,1-3H3,(H2,18,21,22). The highest BCUT2D eigenvalue weighted by atomic mass is 32.2. The molecule has 12 heteroatoms. The van der Waals surface area contributed by atoms with Gasteiger partial charge in [-0.15, -0.1) is 0 Å². The molecule has 1 heterocycles. The summed E-state index contributed by atoms with van der Waals surface area (Å²) < 4.78 is 76.2. The Hall–Kier alpha value is -1.99. The van der Waals surface area contributed by atoms with Gasteiger partial charge in [-0.3, -0.25) is 4.31 Å². The molecular weight excluding hydrogens is 438 g/mol. The van der Waals surface area contributed by atoms with Crippen molar-refractivity contribution in [2.45, 2.75) is 34.1 Å². The summed E-state index contributed by atoms with van der Waals surface area (Å²) in [7, 11) is -8.79. The van der Waals surface area contributed by atoms with Gasteiger partial charge in [-0.05, 0) is 61.4 Å². The van der Waals surface area contributed by atoms with E-state index in [1.165, 1.54) is 60.9 Å². The number of benzene rings is 2. The molecule has 0 radical (unpaired) electrons. The minimum Gasteiger partial charge on any atom is -0.263 e. The first-order valence-electron chi connectivity index (χ1n) is 8.49. The largest absolute Gasteiger partial charge is 0.264 e. The summed E-state index contributed by atoms with van der Waals surface area (Å²) >= 11 is 0. The van der Waals surface area contributed by atoms with Gasteiger partial charge in [0.25, 0.3) is 10.0 Å². The Bertz CT molecular complexity index is 1270. The van der Waals surface area contributed by atoms with Crippen LogP contribution < -0.4 is 9.44 Å². The van der Waals surface area contributed by atoms with Gasteiger partial charge in [-0.1, -0.05) is 0 Å². The number of sulfonamides is 3. The van der Waals surface area contributed by atoms with Crippen LogP contribution in [-0.2, 0) is 36.5 Å². The Morgan fingerprint density at radius 2 is 1.41 bits per heavy atom. The molecule has 0 saturated heterocycles. The van der Waals surface area contributed by atoms with Gasteiger partial charge in [0.1, 0.15) is 0 Å². The lowest BCUT2D eigenvalue weighted by Gasteiger charge is -2.24. The van der Waals surface area contributed by atoms with E-state index in [-0.39, 0.29) is 14.7 Å². The van der Waals surface area contributed by atoms with Gasteiger partial charge in [-0.25, -0.2) is 34.7 Å². The van der Waals surface area contributed by atoms with E-state index in [0.717, 1.165) is 4.31 Å². The van der Waals surface area contributed by atoms with E-state index in [2.05, 4.69) is 0 Å². The number of hydrogen-bond donors (Lipinski definition) is 1. The van der Waals surface area contributed by atoms with Gasteiger partial charge >= 0.3 is 0 Å². The molecule has 2 aromatic rings. The first-order valence-corrected chi connectivity index (χ1v) is 12.9. The molecule has 1 aliphatic rings. The third-order valence-corrected chi connectivity index (χ3v) is 9.37. The number of hydrogen-bond acceptors (Lipinski definition) is 6. The molecule has 0 aliphatic carbocycles. The number of rotatable bonds is 5. The smallest absolute Gasteiger partial charge is 0.263 e. The molecule has 1 atom stereocenters. The lowest BCUT2D eigenvalue weighted by Crippen LogP contribution is -2.35. The Morgan fingerprint density at radius 3 is 1.93 bits per heavy atom. The summed E-state index contributed by atoms with van der Waals surface area (Å²) in [5.41, 5.74) is 0.925. The number of anilines is 1. The van der Waals surface area contributed by atoms with Crippen molar-refractivity contribution in [3.63, 3.8) is 0 Å². The Kier molecular flexibility index (Phi) is 5.28. The normalized spacial score (nSPS) is 17.6. The van der Waals surface area contributed by atoms with Gasteiger partial charge in [0.15, 0.2) is 0 Å². The number of nitrogens with zero attached hydrogens (tertiary/aromatic N) is 2. The zero-order valence-electron chi connectivity index (χ0n) is 16.0. The van der Waals surface area contributed by atoms with Crippen LogP contribution in [0.25, 0.3) is 0 Å². The van der Waals surface area contributed by atoms with Crippen LogP contribution in [0.3, 0.4) is 0 Å². The first-order chi connectivity index (χ1) is 13.3. The molecule has 0 fully saturated rings. The zero-order chi connectivity index (χ0) is 21.8. The lowest BCUT2D eigenvalue weighted by molar-refractivity contribution is 0.520. The molecular formula is C17H21N3O6S3. The van der Waals surface area contributed by atoms with E-state index in [0.29, 0.717) is 17.7 Å². The Labute approximate surface area is 170 Å². The van der Waals surface area contributed by atoms with Crippen LogP contribution in [-0.4, -0.2) is 49.7 Å². The average Bonchev–Trinajstić information content (AvgIpc) is 2.96. The van der Waals surface area contributed by atoms with Crippen molar-refractivity contribution in [3.05, 3.63) is 48.0 Å². The quantitative estimate of drug-likeness (QED) is 0.700. The molecule has 0 spiro atoms. The average molecular weight is 460 g/mol. The molecule has 2 aromatic carbocycles. The summed E-state index contributed by atoms with van der Waals surface area (Å²) in [4.78, 5) is -0.166. The fourth-order valence-corrected chi connectivity index (χ4v) is 6.39. The van der Waals surface area contributed by atoms with Gasteiger partial charge in [0.2, 0.25) is 20.0 Å². The van der Waals surface area contributed by atoms with Gasteiger partial charge in [-0.2, -0.15) is 0 Å². The predicted molar refractivity (Wildman–Crippen MR) is 108 cm³/mol. The molecule has 3 rings (SSSR count). The van der Waals surface area contributed by atoms with E-state index in [1.54, 1.807) is 6.92 Å². The number of primary sulfonamides is 1. The molecule has 1 unspecified atom stereocenters. The third kappa shape index (κ3) is 3.78. The second-order valence-electron chi connectivity index (χ2n) is 6.95. The molecule has 9 nitrogen and oxygen atoms in total. The van der Waals surface area contributed by atoms with Gasteiger partial charge in [0.05, 0.1) is 20.4 Å². The summed E-state index contributed by atoms with van der Waals surface area (Å²) in [5.74, 6) is 0. The van der Waals surface area contributed by atoms with Crippen LogP contribution in [0.4, 0.5) is 5.69 Å². The van der Waals surface area contributed by atoms with Gasteiger partial charge in [0, 0.05) is 20.1 Å². The van der Waals surface area contributed by atoms with E-state index in [1.807, 2.05) is 0 Å². The molecule has 0 bridgehead atoms. The highest BCUT2D eigenvalue weighted by Gasteiger charge is 2.36. The zero-order valence-corrected chi connectivity index (χ0v) is 18.4. The van der Waals surface area contributed by atoms with Crippen LogP contribution >= 0.6 is 0 Å². The van der Waals surface area contributed by atoms with E-state index < -0.39 is 36.1 Å². The van der Waals surface area contributed by atoms with Crippen molar-refractivity contribution in [3.8, 4) is 0 Å². The third-order valence-electron chi connectivity index (χ3n) is 4.69. The summed E-state index contributed by atoms with van der Waals surface area (Å²) in [6.45, 7) is 1.71. The molecule has 29 heavy (non-hydrogen) atoms. The SMILES string of the molecule is CC1Cc2cc(S(N)(=O)=O)ccc2N1S(=O)(=O)c1ccc(S(=O)(=O)N(C)C)cc1.